The normalized spacial score (nSPS) is 29.4. The number of hydrogen-bond acceptors (Lipinski definition) is 4. The fourth-order valence-electron chi connectivity index (χ4n) is 2.63. The summed E-state index contributed by atoms with van der Waals surface area (Å²) in [6.07, 6.45) is 4.42. The molecule has 2 bridgehead atoms. The fourth-order valence-corrected chi connectivity index (χ4v) is 2.63. The number of morpholine rings is 1. The number of fused-ring (bicyclic) bond motifs is 2. The molecule has 2 saturated heterocycles. The van der Waals surface area contributed by atoms with Gasteiger partial charge in [0.15, 0.2) is 0 Å². The average molecular weight is 234 g/mol. The first-order valence-electron chi connectivity index (χ1n) is 6.27. The van der Waals surface area contributed by atoms with Gasteiger partial charge in [-0.2, -0.15) is 0 Å². The van der Waals surface area contributed by atoms with E-state index in [0.29, 0.717) is 12.2 Å². The minimum Gasteiger partial charge on any atom is -0.389 e. The average Bonchev–Trinajstić information content (AvgIpc) is 2.68. The third kappa shape index (κ3) is 2.15. The Hall–Kier alpha value is -1.13. The number of anilines is 1. The van der Waals surface area contributed by atoms with Gasteiger partial charge in [0.1, 0.15) is 5.82 Å². The van der Waals surface area contributed by atoms with E-state index >= 15 is 0 Å². The van der Waals surface area contributed by atoms with E-state index in [1.807, 2.05) is 12.1 Å². The first-order chi connectivity index (χ1) is 8.22. The van der Waals surface area contributed by atoms with Crippen LogP contribution in [0, 0.1) is 0 Å². The summed E-state index contributed by atoms with van der Waals surface area (Å²) in [4.78, 5) is 6.72. The molecule has 17 heavy (non-hydrogen) atoms. The number of hydrogen-bond donors (Lipinski definition) is 1. The van der Waals surface area contributed by atoms with Crippen molar-refractivity contribution in [3.05, 3.63) is 23.9 Å². The van der Waals surface area contributed by atoms with Crippen molar-refractivity contribution in [1.82, 2.24) is 4.98 Å². The van der Waals surface area contributed by atoms with Crippen LogP contribution in [0.15, 0.2) is 18.3 Å². The van der Waals surface area contributed by atoms with Crippen molar-refractivity contribution in [1.29, 1.82) is 0 Å². The van der Waals surface area contributed by atoms with E-state index in [1.165, 1.54) is 12.8 Å². The largest absolute Gasteiger partial charge is 0.389 e. The Labute approximate surface area is 101 Å². The topological polar surface area (TPSA) is 45.6 Å². The van der Waals surface area contributed by atoms with Crippen LogP contribution in [-0.4, -0.2) is 35.4 Å². The summed E-state index contributed by atoms with van der Waals surface area (Å²) in [5, 5.41) is 9.45. The summed E-state index contributed by atoms with van der Waals surface area (Å²) in [5.74, 6) is 0.995. The smallest absolute Gasteiger partial charge is 0.128 e. The van der Waals surface area contributed by atoms with E-state index in [0.717, 1.165) is 24.5 Å². The summed E-state index contributed by atoms with van der Waals surface area (Å²) in [6.45, 7) is 3.64. The Morgan fingerprint density at radius 1 is 1.35 bits per heavy atom. The lowest BCUT2D eigenvalue weighted by Crippen LogP contribution is -2.43. The Morgan fingerprint density at radius 3 is 2.59 bits per heavy atom. The van der Waals surface area contributed by atoms with Gasteiger partial charge in [0.05, 0.1) is 18.3 Å². The zero-order valence-corrected chi connectivity index (χ0v) is 10.0. The SMILES string of the molecule is C[C@@H](O)c1ccc(N2CC3CCC(C2)O3)nc1. The molecule has 0 aromatic carbocycles. The molecule has 2 aliphatic rings. The highest BCUT2D eigenvalue weighted by Gasteiger charge is 2.34. The van der Waals surface area contributed by atoms with Crippen LogP contribution in [0.1, 0.15) is 31.4 Å². The molecular formula is C13H18N2O2. The summed E-state index contributed by atoms with van der Waals surface area (Å²) in [7, 11) is 0. The van der Waals surface area contributed by atoms with Gasteiger partial charge in [-0.1, -0.05) is 6.07 Å². The molecule has 1 aromatic rings. The third-order valence-corrected chi connectivity index (χ3v) is 3.62. The van der Waals surface area contributed by atoms with Gasteiger partial charge in [-0.25, -0.2) is 4.98 Å². The number of aromatic nitrogens is 1. The van der Waals surface area contributed by atoms with Crippen LogP contribution in [0.3, 0.4) is 0 Å². The molecule has 0 spiro atoms. The second kappa shape index (κ2) is 4.27. The van der Waals surface area contributed by atoms with Crippen LogP contribution in [0.5, 0.6) is 0 Å². The van der Waals surface area contributed by atoms with E-state index < -0.39 is 6.10 Å². The first-order valence-corrected chi connectivity index (χ1v) is 6.27. The van der Waals surface area contributed by atoms with Gasteiger partial charge in [0.25, 0.3) is 0 Å². The van der Waals surface area contributed by atoms with E-state index in [9.17, 15) is 5.11 Å². The molecule has 3 rings (SSSR count). The van der Waals surface area contributed by atoms with Crippen molar-refractivity contribution in [3.8, 4) is 0 Å². The highest BCUT2D eigenvalue weighted by molar-refractivity contribution is 5.41. The molecule has 0 radical (unpaired) electrons. The Morgan fingerprint density at radius 2 is 2.06 bits per heavy atom. The van der Waals surface area contributed by atoms with E-state index in [2.05, 4.69) is 9.88 Å². The molecule has 2 aliphatic heterocycles. The molecule has 92 valence electrons. The lowest BCUT2D eigenvalue weighted by Gasteiger charge is -2.33. The monoisotopic (exact) mass is 234 g/mol. The predicted octanol–water partition coefficient (Wildman–Crippen LogP) is 1.50. The van der Waals surface area contributed by atoms with E-state index in [4.69, 9.17) is 4.74 Å². The van der Waals surface area contributed by atoms with Crippen molar-refractivity contribution >= 4 is 5.82 Å². The second-order valence-corrected chi connectivity index (χ2v) is 4.99. The first kappa shape index (κ1) is 11.0. The Kier molecular flexibility index (Phi) is 2.76. The molecule has 2 unspecified atom stereocenters. The van der Waals surface area contributed by atoms with Gasteiger partial charge in [0, 0.05) is 19.3 Å². The second-order valence-electron chi connectivity index (χ2n) is 4.99. The van der Waals surface area contributed by atoms with Gasteiger partial charge in [-0.15, -0.1) is 0 Å². The lowest BCUT2D eigenvalue weighted by atomic mass is 10.2. The van der Waals surface area contributed by atoms with Crippen molar-refractivity contribution in [2.24, 2.45) is 0 Å². The highest BCUT2D eigenvalue weighted by atomic mass is 16.5. The molecule has 3 heterocycles. The predicted molar refractivity (Wildman–Crippen MR) is 65.0 cm³/mol. The number of ether oxygens (including phenoxy) is 1. The summed E-state index contributed by atoms with van der Waals surface area (Å²) in [6, 6.07) is 3.94. The zero-order valence-electron chi connectivity index (χ0n) is 10.0. The van der Waals surface area contributed by atoms with Crippen LogP contribution < -0.4 is 4.90 Å². The minimum atomic E-state index is -0.447. The van der Waals surface area contributed by atoms with E-state index in [-0.39, 0.29) is 0 Å². The number of pyridine rings is 1. The molecule has 0 saturated carbocycles. The molecule has 1 aromatic heterocycles. The van der Waals surface area contributed by atoms with Crippen LogP contribution in [0.4, 0.5) is 5.82 Å². The van der Waals surface area contributed by atoms with Gasteiger partial charge >= 0.3 is 0 Å². The zero-order chi connectivity index (χ0) is 11.8. The van der Waals surface area contributed by atoms with Crippen molar-refractivity contribution < 1.29 is 9.84 Å². The number of aliphatic hydroxyl groups is 1. The summed E-state index contributed by atoms with van der Waals surface area (Å²) < 4.78 is 5.80. The molecule has 4 heteroatoms. The van der Waals surface area contributed by atoms with Gasteiger partial charge in [-0.3, -0.25) is 0 Å². The molecule has 1 N–H and O–H groups in total. The lowest BCUT2D eigenvalue weighted by molar-refractivity contribution is 0.0302. The highest BCUT2D eigenvalue weighted by Crippen LogP contribution is 2.28. The quantitative estimate of drug-likeness (QED) is 0.842. The van der Waals surface area contributed by atoms with Crippen LogP contribution in [0.25, 0.3) is 0 Å². The maximum absolute atomic E-state index is 9.45. The van der Waals surface area contributed by atoms with Crippen LogP contribution in [0.2, 0.25) is 0 Å². The van der Waals surface area contributed by atoms with Crippen molar-refractivity contribution in [3.63, 3.8) is 0 Å². The maximum Gasteiger partial charge on any atom is 0.128 e. The molecule has 3 atom stereocenters. The molecule has 4 nitrogen and oxygen atoms in total. The molecule has 2 fully saturated rings. The number of rotatable bonds is 2. The van der Waals surface area contributed by atoms with E-state index in [1.54, 1.807) is 13.1 Å². The molecule has 0 aliphatic carbocycles. The maximum atomic E-state index is 9.45. The molecular weight excluding hydrogens is 216 g/mol. The van der Waals surface area contributed by atoms with Crippen molar-refractivity contribution in [2.75, 3.05) is 18.0 Å². The molecule has 0 amide bonds. The van der Waals surface area contributed by atoms with Crippen LogP contribution in [-0.2, 0) is 4.74 Å². The van der Waals surface area contributed by atoms with Gasteiger partial charge in [-0.05, 0) is 31.4 Å². The van der Waals surface area contributed by atoms with Crippen molar-refractivity contribution in [2.45, 2.75) is 38.1 Å². The Bertz CT molecular complexity index is 379. The van der Waals surface area contributed by atoms with Gasteiger partial charge < -0.3 is 14.7 Å². The summed E-state index contributed by atoms with van der Waals surface area (Å²) >= 11 is 0. The number of nitrogens with zero attached hydrogens (tertiary/aromatic N) is 2. The Balaban J connectivity index is 1.75. The third-order valence-electron chi connectivity index (χ3n) is 3.62. The minimum absolute atomic E-state index is 0.381. The fraction of sp³-hybridized carbons (Fsp3) is 0.615. The van der Waals surface area contributed by atoms with Gasteiger partial charge in [0.2, 0.25) is 0 Å². The standard InChI is InChI=1S/C13H18N2O2/c1-9(16)10-2-5-13(14-6-10)15-7-11-3-4-12(8-15)17-11/h2,5-6,9,11-12,16H,3-4,7-8H2,1H3/t9-,11?,12?/m1/s1. The van der Waals surface area contributed by atoms with Crippen LogP contribution >= 0.6 is 0 Å². The summed E-state index contributed by atoms with van der Waals surface area (Å²) in [5.41, 5.74) is 0.866. The number of aliphatic hydroxyl groups excluding tert-OH is 1.